The number of aliphatic hydroxyl groups is 3. The molecule has 2 aromatic rings. The van der Waals surface area contributed by atoms with Crippen molar-refractivity contribution in [2.45, 2.75) is 129 Å². The summed E-state index contributed by atoms with van der Waals surface area (Å²) in [6.07, 6.45) is 11.7. The fourth-order valence-electron chi connectivity index (χ4n) is 4.22. The molecule has 9 nitrogen and oxygen atoms in total. The van der Waals surface area contributed by atoms with Crippen molar-refractivity contribution in [1.29, 1.82) is 0 Å². The lowest BCUT2D eigenvalue weighted by atomic mass is 10.0. The van der Waals surface area contributed by atoms with E-state index in [1.54, 1.807) is 6.20 Å². The van der Waals surface area contributed by atoms with E-state index in [-0.39, 0.29) is 19.3 Å². The van der Waals surface area contributed by atoms with Crippen LogP contribution in [-0.2, 0) is 16.0 Å². The van der Waals surface area contributed by atoms with Gasteiger partial charge in [-0.15, -0.1) is 0 Å². The van der Waals surface area contributed by atoms with Crippen LogP contribution >= 0.6 is 0 Å². The Hall–Kier alpha value is -2.23. The molecule has 2 rings (SSSR count). The van der Waals surface area contributed by atoms with Gasteiger partial charge in [-0.3, -0.25) is 4.79 Å². The first kappa shape index (κ1) is 31.0. The van der Waals surface area contributed by atoms with Crippen molar-refractivity contribution in [1.82, 2.24) is 9.97 Å². The van der Waals surface area contributed by atoms with Crippen LogP contribution in [0.4, 0.5) is 0 Å². The molecule has 0 aliphatic carbocycles. The lowest BCUT2D eigenvalue weighted by molar-refractivity contribution is -0.153. The van der Waals surface area contributed by atoms with Crippen LogP contribution in [0, 0.1) is 5.92 Å². The van der Waals surface area contributed by atoms with Crippen molar-refractivity contribution in [2.24, 2.45) is 5.92 Å². The highest BCUT2D eigenvalue weighted by Crippen LogP contribution is 2.26. The van der Waals surface area contributed by atoms with Gasteiger partial charge in [-0.2, -0.15) is 0 Å². The minimum absolute atomic E-state index is 0.122. The van der Waals surface area contributed by atoms with E-state index in [9.17, 15) is 20.1 Å². The van der Waals surface area contributed by atoms with Gasteiger partial charge in [0, 0.05) is 12.8 Å². The van der Waals surface area contributed by atoms with Crippen LogP contribution in [-0.4, -0.2) is 49.6 Å². The Balaban J connectivity index is 1.75. The Morgan fingerprint density at radius 2 is 1.59 bits per heavy atom. The quantitative estimate of drug-likeness (QED) is 0.157. The first-order valence-electron chi connectivity index (χ1n) is 13.8. The number of rotatable bonds is 20. The zero-order chi connectivity index (χ0) is 27.0. The second kappa shape index (κ2) is 17.3. The molecule has 0 saturated carbocycles. The summed E-state index contributed by atoms with van der Waals surface area (Å²) >= 11 is 0. The van der Waals surface area contributed by atoms with Crippen molar-refractivity contribution in [2.75, 3.05) is 0 Å². The van der Waals surface area contributed by atoms with Crippen LogP contribution in [0.5, 0.6) is 0 Å². The predicted octanol–water partition coefficient (Wildman–Crippen LogP) is 5.28. The van der Waals surface area contributed by atoms with E-state index in [1.165, 1.54) is 64.5 Å². The zero-order valence-electron chi connectivity index (χ0n) is 22.7. The summed E-state index contributed by atoms with van der Waals surface area (Å²) in [4.78, 5) is 20.8. The smallest absolute Gasteiger partial charge is 0.306 e. The van der Waals surface area contributed by atoms with Gasteiger partial charge in [0.25, 0.3) is 0 Å². The van der Waals surface area contributed by atoms with Gasteiger partial charge in [0.2, 0.25) is 5.89 Å². The summed E-state index contributed by atoms with van der Waals surface area (Å²) < 4.78 is 16.3. The molecular weight excluding hydrogens is 476 g/mol. The standard InChI is InChI=1S/C28H46N2O7/c1-20(2)13-11-9-7-5-4-6-8-10-12-14-27(33)37-25(16-24(32)28(34)21(3)31)23-18-35-26(30-23)15-22-17-29-19-36-22/h17-21,24-25,28,31-32,34H,4-16H2,1-3H3/t21-,24-,25+,28+/m0/s1. The molecule has 0 aliphatic heterocycles. The molecule has 9 heteroatoms. The molecular formula is C28H46N2O7. The number of oxazole rings is 2. The lowest BCUT2D eigenvalue weighted by Gasteiger charge is -2.24. The third-order valence-electron chi connectivity index (χ3n) is 6.49. The van der Waals surface area contributed by atoms with Crippen LogP contribution in [0.2, 0.25) is 0 Å². The van der Waals surface area contributed by atoms with E-state index >= 15 is 0 Å². The summed E-state index contributed by atoms with van der Waals surface area (Å²) in [5, 5.41) is 30.0. The molecule has 4 atom stereocenters. The maximum Gasteiger partial charge on any atom is 0.306 e. The minimum atomic E-state index is -1.38. The van der Waals surface area contributed by atoms with Crippen LogP contribution < -0.4 is 0 Å². The van der Waals surface area contributed by atoms with Gasteiger partial charge in [-0.25, -0.2) is 9.97 Å². The zero-order valence-corrected chi connectivity index (χ0v) is 22.7. The average molecular weight is 523 g/mol. The second-order valence-corrected chi connectivity index (χ2v) is 10.4. The van der Waals surface area contributed by atoms with Gasteiger partial charge < -0.3 is 28.9 Å². The first-order valence-corrected chi connectivity index (χ1v) is 13.8. The Bertz CT molecular complexity index is 851. The van der Waals surface area contributed by atoms with Gasteiger partial charge in [0.15, 0.2) is 6.39 Å². The van der Waals surface area contributed by atoms with Crippen molar-refractivity contribution in [3.8, 4) is 0 Å². The van der Waals surface area contributed by atoms with Crippen molar-refractivity contribution in [3.63, 3.8) is 0 Å². The third-order valence-corrected chi connectivity index (χ3v) is 6.49. The van der Waals surface area contributed by atoms with Crippen LogP contribution in [0.25, 0.3) is 0 Å². The highest BCUT2D eigenvalue weighted by molar-refractivity contribution is 5.69. The molecule has 0 bridgehead atoms. The van der Waals surface area contributed by atoms with E-state index < -0.39 is 30.4 Å². The Morgan fingerprint density at radius 1 is 0.946 bits per heavy atom. The molecule has 2 heterocycles. The molecule has 0 spiro atoms. The van der Waals surface area contributed by atoms with E-state index in [0.717, 1.165) is 25.2 Å². The number of unbranched alkanes of at least 4 members (excludes halogenated alkanes) is 8. The maximum absolute atomic E-state index is 12.6. The Labute approximate surface area is 220 Å². The number of aliphatic hydroxyl groups excluding tert-OH is 3. The third kappa shape index (κ3) is 12.7. The molecule has 0 aromatic carbocycles. The summed E-state index contributed by atoms with van der Waals surface area (Å²) in [6, 6.07) is 0. The van der Waals surface area contributed by atoms with E-state index in [1.807, 2.05) is 0 Å². The summed E-state index contributed by atoms with van der Waals surface area (Å²) in [6.45, 7) is 5.93. The van der Waals surface area contributed by atoms with Crippen LogP contribution in [0.1, 0.15) is 121 Å². The number of ether oxygens (including phenoxy) is 1. The second-order valence-electron chi connectivity index (χ2n) is 10.4. The van der Waals surface area contributed by atoms with Crippen LogP contribution in [0.3, 0.4) is 0 Å². The van der Waals surface area contributed by atoms with E-state index in [4.69, 9.17) is 13.6 Å². The molecule has 0 fully saturated rings. The summed E-state index contributed by atoms with van der Waals surface area (Å²) in [5.74, 6) is 1.31. The number of esters is 1. The fraction of sp³-hybridized carbons (Fsp3) is 0.750. The number of carbonyl (C=O) groups excluding carboxylic acids is 1. The topological polar surface area (TPSA) is 139 Å². The highest BCUT2D eigenvalue weighted by Gasteiger charge is 2.29. The highest BCUT2D eigenvalue weighted by atomic mass is 16.5. The van der Waals surface area contributed by atoms with Crippen molar-refractivity contribution >= 4 is 5.97 Å². The van der Waals surface area contributed by atoms with E-state index in [2.05, 4.69) is 23.8 Å². The SMILES string of the molecule is CC(C)CCCCCCCCCCCC(=O)O[C@H](C[C@H](O)[C@H](O)[C@H](C)O)c1coc(Cc2cnco2)n1. The van der Waals surface area contributed by atoms with Gasteiger partial charge in [-0.05, 0) is 19.3 Å². The molecule has 0 aliphatic rings. The molecule has 37 heavy (non-hydrogen) atoms. The number of carbonyl (C=O) groups is 1. The van der Waals surface area contributed by atoms with Gasteiger partial charge >= 0.3 is 5.97 Å². The molecule has 0 unspecified atom stereocenters. The van der Waals surface area contributed by atoms with Crippen molar-refractivity contribution < 1.29 is 33.7 Å². The van der Waals surface area contributed by atoms with Gasteiger partial charge in [0.1, 0.15) is 29.9 Å². The fourth-order valence-corrected chi connectivity index (χ4v) is 4.22. The maximum atomic E-state index is 12.6. The summed E-state index contributed by atoms with van der Waals surface area (Å²) in [5.41, 5.74) is 0.327. The minimum Gasteiger partial charge on any atom is -0.456 e. The Kier molecular flexibility index (Phi) is 14.5. The van der Waals surface area contributed by atoms with Gasteiger partial charge in [0.05, 0.1) is 24.8 Å². The average Bonchev–Trinajstić information content (AvgIpc) is 3.54. The van der Waals surface area contributed by atoms with E-state index in [0.29, 0.717) is 17.3 Å². The number of hydrogen-bond acceptors (Lipinski definition) is 9. The normalized spacial score (nSPS) is 15.0. The Morgan fingerprint density at radius 3 is 2.19 bits per heavy atom. The lowest BCUT2D eigenvalue weighted by Crippen LogP contribution is -2.37. The monoisotopic (exact) mass is 522 g/mol. The largest absolute Gasteiger partial charge is 0.456 e. The molecule has 3 N–H and O–H groups in total. The molecule has 210 valence electrons. The number of aromatic nitrogens is 2. The molecule has 0 amide bonds. The van der Waals surface area contributed by atoms with Gasteiger partial charge in [-0.1, -0.05) is 71.6 Å². The molecule has 0 radical (unpaired) electrons. The van der Waals surface area contributed by atoms with Crippen molar-refractivity contribution in [3.05, 3.63) is 36.2 Å². The number of nitrogens with zero attached hydrogens (tertiary/aromatic N) is 2. The predicted molar refractivity (Wildman–Crippen MR) is 139 cm³/mol. The summed E-state index contributed by atoms with van der Waals surface area (Å²) in [7, 11) is 0. The first-order chi connectivity index (χ1) is 17.8. The molecule has 2 aromatic heterocycles. The van der Waals surface area contributed by atoms with Crippen LogP contribution in [0.15, 0.2) is 27.7 Å². The molecule has 0 saturated heterocycles. The number of hydrogen-bond donors (Lipinski definition) is 3.